The van der Waals surface area contributed by atoms with E-state index in [2.05, 4.69) is 20.7 Å². The minimum Gasteiger partial charge on any atom is -0.385 e. The molecule has 0 fully saturated rings. The molecule has 0 spiro atoms. The lowest BCUT2D eigenvalue weighted by Crippen LogP contribution is -2.42. The molecule has 0 saturated carbocycles. The molecule has 6 nitrogen and oxygen atoms in total. The minimum atomic E-state index is 0.611. The van der Waals surface area contributed by atoms with Gasteiger partial charge in [0.05, 0.1) is 0 Å². The lowest BCUT2D eigenvalue weighted by Gasteiger charge is -2.09. The van der Waals surface area contributed by atoms with Crippen molar-refractivity contribution >= 4 is 5.96 Å². The van der Waals surface area contributed by atoms with Crippen LogP contribution in [0, 0.1) is 0 Å². The van der Waals surface area contributed by atoms with Crippen molar-refractivity contribution in [3.63, 3.8) is 0 Å². The van der Waals surface area contributed by atoms with Crippen molar-refractivity contribution in [3.8, 4) is 0 Å². The Morgan fingerprint density at radius 3 is 2.89 bits per heavy atom. The van der Waals surface area contributed by atoms with Gasteiger partial charge in [0, 0.05) is 39.2 Å². The van der Waals surface area contributed by atoms with E-state index in [0.717, 1.165) is 19.4 Å². The molecule has 0 aliphatic heterocycles. The Labute approximate surface area is 108 Å². The number of guanidine groups is 1. The summed E-state index contributed by atoms with van der Waals surface area (Å²) in [6, 6.07) is 3.99. The molecule has 0 radical (unpaired) electrons. The number of ether oxygens (including phenoxy) is 1. The normalized spacial score (nSPS) is 11.3. The fourth-order valence-electron chi connectivity index (χ4n) is 1.43. The largest absolute Gasteiger partial charge is 0.385 e. The van der Waals surface area contributed by atoms with Crippen LogP contribution in [0.3, 0.4) is 0 Å². The van der Waals surface area contributed by atoms with Gasteiger partial charge in [0.25, 0.3) is 0 Å². The molecule has 0 aromatic carbocycles. The van der Waals surface area contributed by atoms with E-state index >= 15 is 0 Å². The lowest BCUT2D eigenvalue weighted by atomic mass is 10.2. The third-order valence-corrected chi connectivity index (χ3v) is 2.37. The summed E-state index contributed by atoms with van der Waals surface area (Å²) < 4.78 is 4.95. The van der Waals surface area contributed by atoms with Crippen molar-refractivity contribution in [2.45, 2.75) is 12.8 Å². The number of rotatable bonds is 7. The highest BCUT2D eigenvalue weighted by molar-refractivity contribution is 5.79. The number of nitrogens with two attached hydrogens (primary N) is 1. The fraction of sp³-hybridized carbons (Fsp3) is 0.500. The number of pyridine rings is 1. The van der Waals surface area contributed by atoms with Gasteiger partial charge in [0.1, 0.15) is 0 Å². The second-order valence-corrected chi connectivity index (χ2v) is 3.75. The molecule has 0 aliphatic carbocycles. The first-order valence-corrected chi connectivity index (χ1v) is 5.99. The van der Waals surface area contributed by atoms with Gasteiger partial charge >= 0.3 is 0 Å². The molecule has 0 atom stereocenters. The number of hydrazine groups is 1. The second-order valence-electron chi connectivity index (χ2n) is 3.75. The van der Waals surface area contributed by atoms with Crippen molar-refractivity contribution in [1.29, 1.82) is 0 Å². The van der Waals surface area contributed by atoms with Gasteiger partial charge in [0.2, 0.25) is 5.96 Å². The van der Waals surface area contributed by atoms with Crippen LogP contribution in [0.15, 0.2) is 29.5 Å². The maximum atomic E-state index is 5.38. The van der Waals surface area contributed by atoms with Crippen LogP contribution in [0.25, 0.3) is 0 Å². The minimum absolute atomic E-state index is 0.611. The van der Waals surface area contributed by atoms with Gasteiger partial charge in [-0.15, -0.1) is 0 Å². The SMILES string of the molecule is COCCCN=C(NN)NCCc1ccncc1. The van der Waals surface area contributed by atoms with E-state index in [1.54, 1.807) is 19.5 Å². The quantitative estimate of drug-likeness (QED) is 0.210. The number of hydrogen-bond acceptors (Lipinski definition) is 4. The monoisotopic (exact) mass is 251 g/mol. The zero-order valence-electron chi connectivity index (χ0n) is 10.7. The van der Waals surface area contributed by atoms with Gasteiger partial charge in [0.15, 0.2) is 0 Å². The average molecular weight is 251 g/mol. The van der Waals surface area contributed by atoms with Crippen LogP contribution < -0.4 is 16.6 Å². The highest BCUT2D eigenvalue weighted by atomic mass is 16.5. The number of hydrogen-bond donors (Lipinski definition) is 3. The predicted octanol–water partition coefficient (Wildman–Crippen LogP) is 0.0695. The highest BCUT2D eigenvalue weighted by Gasteiger charge is 1.96. The van der Waals surface area contributed by atoms with Gasteiger partial charge in [-0.05, 0) is 30.5 Å². The van der Waals surface area contributed by atoms with Gasteiger partial charge in [-0.1, -0.05) is 0 Å². The Balaban J connectivity index is 2.22. The number of methoxy groups -OCH3 is 1. The summed E-state index contributed by atoms with van der Waals surface area (Å²) in [5.74, 6) is 5.99. The molecule has 6 heteroatoms. The zero-order valence-corrected chi connectivity index (χ0v) is 10.7. The first kappa shape index (κ1) is 14.4. The Kier molecular flexibility index (Phi) is 7.50. The van der Waals surface area contributed by atoms with Crippen molar-refractivity contribution < 1.29 is 4.74 Å². The Morgan fingerprint density at radius 1 is 1.44 bits per heavy atom. The van der Waals surface area contributed by atoms with E-state index < -0.39 is 0 Å². The second kappa shape index (κ2) is 9.38. The summed E-state index contributed by atoms with van der Waals surface area (Å²) in [6.45, 7) is 2.17. The van der Waals surface area contributed by atoms with Crippen molar-refractivity contribution in [2.24, 2.45) is 10.8 Å². The molecule has 1 rings (SSSR count). The zero-order chi connectivity index (χ0) is 13.1. The van der Waals surface area contributed by atoms with E-state index in [4.69, 9.17) is 10.6 Å². The van der Waals surface area contributed by atoms with Gasteiger partial charge < -0.3 is 10.1 Å². The van der Waals surface area contributed by atoms with E-state index in [1.165, 1.54) is 5.56 Å². The van der Waals surface area contributed by atoms with E-state index in [0.29, 0.717) is 19.1 Å². The van der Waals surface area contributed by atoms with Crippen LogP contribution in [0.4, 0.5) is 0 Å². The standard InChI is InChI=1S/C12H21N5O/c1-18-10-2-6-15-12(17-13)16-9-5-11-3-7-14-8-4-11/h3-4,7-8H,2,5-6,9-10,13H2,1H3,(H2,15,16,17). The van der Waals surface area contributed by atoms with Crippen LogP contribution in [0.5, 0.6) is 0 Å². The fourth-order valence-corrected chi connectivity index (χ4v) is 1.43. The van der Waals surface area contributed by atoms with Crippen LogP contribution in [-0.2, 0) is 11.2 Å². The molecule has 0 unspecified atom stereocenters. The van der Waals surface area contributed by atoms with E-state index in [1.807, 2.05) is 12.1 Å². The van der Waals surface area contributed by atoms with Gasteiger partial charge in [-0.3, -0.25) is 15.4 Å². The smallest absolute Gasteiger partial charge is 0.205 e. The van der Waals surface area contributed by atoms with Crippen LogP contribution in [0.2, 0.25) is 0 Å². The van der Waals surface area contributed by atoms with Crippen molar-refractivity contribution in [1.82, 2.24) is 15.7 Å². The Hall–Kier alpha value is -1.66. The molecular weight excluding hydrogens is 230 g/mol. The molecule has 1 aromatic rings. The number of aliphatic imine (C=N–C) groups is 1. The number of nitrogens with one attached hydrogen (secondary N) is 2. The first-order valence-electron chi connectivity index (χ1n) is 5.99. The molecule has 0 bridgehead atoms. The topological polar surface area (TPSA) is 84.6 Å². The van der Waals surface area contributed by atoms with Crippen molar-refractivity contribution in [3.05, 3.63) is 30.1 Å². The summed E-state index contributed by atoms with van der Waals surface area (Å²) in [4.78, 5) is 8.26. The maximum Gasteiger partial charge on any atom is 0.205 e. The maximum absolute atomic E-state index is 5.38. The predicted molar refractivity (Wildman–Crippen MR) is 72.1 cm³/mol. The summed E-state index contributed by atoms with van der Waals surface area (Å²) >= 11 is 0. The van der Waals surface area contributed by atoms with Gasteiger partial charge in [-0.2, -0.15) is 0 Å². The molecule has 0 amide bonds. The summed E-state index contributed by atoms with van der Waals surface area (Å²) in [5, 5.41) is 3.15. The summed E-state index contributed by atoms with van der Waals surface area (Å²) in [5.41, 5.74) is 3.78. The van der Waals surface area contributed by atoms with Crippen LogP contribution in [-0.4, -0.2) is 37.7 Å². The molecular formula is C12H21N5O. The molecule has 4 N–H and O–H groups in total. The summed E-state index contributed by atoms with van der Waals surface area (Å²) in [7, 11) is 1.68. The Bertz CT molecular complexity index is 342. The van der Waals surface area contributed by atoms with Crippen LogP contribution in [0.1, 0.15) is 12.0 Å². The molecule has 1 aromatic heterocycles. The third-order valence-electron chi connectivity index (χ3n) is 2.37. The first-order chi connectivity index (χ1) is 8.86. The van der Waals surface area contributed by atoms with Gasteiger partial charge in [-0.25, -0.2) is 5.84 Å². The summed E-state index contributed by atoms with van der Waals surface area (Å²) in [6.07, 6.45) is 5.36. The molecule has 100 valence electrons. The van der Waals surface area contributed by atoms with Crippen LogP contribution >= 0.6 is 0 Å². The molecule has 0 saturated heterocycles. The Morgan fingerprint density at radius 2 is 2.22 bits per heavy atom. The third kappa shape index (κ3) is 6.17. The number of nitrogens with zero attached hydrogens (tertiary/aromatic N) is 2. The average Bonchev–Trinajstić information content (AvgIpc) is 2.42. The molecule has 18 heavy (non-hydrogen) atoms. The van der Waals surface area contributed by atoms with E-state index in [-0.39, 0.29) is 0 Å². The highest BCUT2D eigenvalue weighted by Crippen LogP contribution is 1.95. The molecule has 1 heterocycles. The van der Waals surface area contributed by atoms with E-state index in [9.17, 15) is 0 Å². The lowest BCUT2D eigenvalue weighted by molar-refractivity contribution is 0.197. The number of aromatic nitrogens is 1. The van der Waals surface area contributed by atoms with Crippen molar-refractivity contribution in [2.75, 3.05) is 26.8 Å². The molecule has 0 aliphatic rings.